The van der Waals surface area contributed by atoms with Gasteiger partial charge in [0.05, 0.1) is 0 Å². The lowest BCUT2D eigenvalue weighted by atomic mass is 9.99. The maximum absolute atomic E-state index is 10.8. The van der Waals surface area contributed by atoms with Gasteiger partial charge in [-0.05, 0) is 42.7 Å². The van der Waals surface area contributed by atoms with Crippen LogP contribution in [0.25, 0.3) is 11.1 Å². The number of aldehydes is 1. The molecule has 2 rings (SSSR count). The molecular weight excluding hydrogens is 232 g/mol. The Morgan fingerprint density at radius 3 is 2.41 bits per heavy atom. The minimum atomic E-state index is 0.641. The predicted octanol–water partition coefficient (Wildman–Crippen LogP) is 4.44. The normalized spacial score (nSPS) is 10.3. The number of rotatable bonds is 2. The van der Waals surface area contributed by atoms with Crippen LogP contribution in [-0.2, 0) is 0 Å². The summed E-state index contributed by atoms with van der Waals surface area (Å²) in [6.45, 7) is 4.14. The van der Waals surface area contributed by atoms with Crippen molar-refractivity contribution in [3.63, 3.8) is 0 Å². The average Bonchev–Trinajstić information content (AvgIpc) is 2.33. The summed E-state index contributed by atoms with van der Waals surface area (Å²) < 4.78 is 0. The molecule has 2 aromatic rings. The Balaban J connectivity index is 2.58. The van der Waals surface area contributed by atoms with E-state index in [1.807, 2.05) is 12.1 Å². The first-order valence-electron chi connectivity index (χ1n) is 5.44. The van der Waals surface area contributed by atoms with Crippen LogP contribution < -0.4 is 0 Å². The molecule has 0 aliphatic carbocycles. The summed E-state index contributed by atoms with van der Waals surface area (Å²) in [7, 11) is 0. The largest absolute Gasteiger partial charge is 0.298 e. The third-order valence-electron chi connectivity index (χ3n) is 2.94. The number of carbonyl (C=O) groups is 1. The number of carbonyl (C=O) groups excluding carboxylic acids is 1. The summed E-state index contributed by atoms with van der Waals surface area (Å²) in [6.07, 6.45) is 0.834. The van der Waals surface area contributed by atoms with E-state index < -0.39 is 0 Å². The van der Waals surface area contributed by atoms with Crippen LogP contribution in [0.15, 0.2) is 36.4 Å². The molecule has 0 aliphatic heterocycles. The quantitative estimate of drug-likeness (QED) is 0.714. The van der Waals surface area contributed by atoms with Crippen LogP contribution >= 0.6 is 11.6 Å². The van der Waals surface area contributed by atoms with E-state index in [9.17, 15) is 4.79 Å². The Hall–Kier alpha value is -1.60. The number of aryl methyl sites for hydroxylation is 2. The highest BCUT2D eigenvalue weighted by atomic mass is 35.5. The van der Waals surface area contributed by atoms with Gasteiger partial charge in [-0.2, -0.15) is 0 Å². The highest BCUT2D eigenvalue weighted by molar-refractivity contribution is 6.33. The van der Waals surface area contributed by atoms with Crippen molar-refractivity contribution < 1.29 is 4.79 Å². The van der Waals surface area contributed by atoms with E-state index >= 15 is 0 Å². The van der Waals surface area contributed by atoms with Gasteiger partial charge in [-0.1, -0.05) is 35.9 Å². The maximum atomic E-state index is 10.8. The summed E-state index contributed by atoms with van der Waals surface area (Å²) in [6, 6.07) is 11.5. The molecule has 2 aromatic carbocycles. The van der Waals surface area contributed by atoms with Gasteiger partial charge in [-0.3, -0.25) is 4.79 Å². The van der Waals surface area contributed by atoms with E-state index in [-0.39, 0.29) is 0 Å². The molecule has 0 N–H and O–H groups in total. The monoisotopic (exact) mass is 244 g/mol. The van der Waals surface area contributed by atoms with Crippen LogP contribution in [0.1, 0.15) is 21.5 Å². The van der Waals surface area contributed by atoms with Crippen LogP contribution in [0.2, 0.25) is 5.02 Å². The molecule has 0 aromatic heterocycles. The number of benzene rings is 2. The fourth-order valence-corrected chi connectivity index (χ4v) is 1.97. The van der Waals surface area contributed by atoms with E-state index in [0.717, 1.165) is 17.4 Å². The van der Waals surface area contributed by atoms with Crippen molar-refractivity contribution in [3.8, 4) is 11.1 Å². The molecule has 0 heterocycles. The zero-order chi connectivity index (χ0) is 12.4. The highest BCUT2D eigenvalue weighted by Crippen LogP contribution is 2.29. The molecule has 0 unspecified atom stereocenters. The van der Waals surface area contributed by atoms with Crippen LogP contribution in [0, 0.1) is 13.8 Å². The van der Waals surface area contributed by atoms with Gasteiger partial charge in [0.15, 0.2) is 0 Å². The summed E-state index contributed by atoms with van der Waals surface area (Å²) in [5.41, 5.74) is 5.05. The number of hydrogen-bond donors (Lipinski definition) is 0. The second-order valence-corrected chi connectivity index (χ2v) is 4.56. The Bertz CT molecular complexity index is 573. The van der Waals surface area contributed by atoms with Gasteiger partial charge < -0.3 is 0 Å². The van der Waals surface area contributed by atoms with Crippen LogP contribution in [0.3, 0.4) is 0 Å². The minimum absolute atomic E-state index is 0.641. The molecule has 0 amide bonds. The predicted molar refractivity (Wildman–Crippen MR) is 71.7 cm³/mol. The summed E-state index contributed by atoms with van der Waals surface area (Å²) in [4.78, 5) is 10.8. The smallest absolute Gasteiger partial charge is 0.150 e. The molecule has 2 heteroatoms. The van der Waals surface area contributed by atoms with Crippen molar-refractivity contribution >= 4 is 17.9 Å². The number of hydrogen-bond acceptors (Lipinski definition) is 1. The third-order valence-corrected chi connectivity index (χ3v) is 3.27. The Morgan fingerprint density at radius 1 is 1.00 bits per heavy atom. The van der Waals surface area contributed by atoms with Crippen LogP contribution in [0.5, 0.6) is 0 Å². The van der Waals surface area contributed by atoms with Crippen molar-refractivity contribution in [3.05, 3.63) is 58.1 Å². The second kappa shape index (κ2) is 4.72. The summed E-state index contributed by atoms with van der Waals surface area (Å²) in [5.74, 6) is 0. The number of halogens is 1. The summed E-state index contributed by atoms with van der Waals surface area (Å²) >= 11 is 6.16. The fraction of sp³-hybridized carbons (Fsp3) is 0.133. The van der Waals surface area contributed by atoms with Gasteiger partial charge in [-0.25, -0.2) is 0 Å². The topological polar surface area (TPSA) is 17.1 Å². The standard InChI is InChI=1S/C15H13ClO/c1-10-3-5-13(7-11(10)2)14-8-12(9-17)4-6-15(14)16/h3-9H,1-2H3. The zero-order valence-electron chi connectivity index (χ0n) is 9.83. The van der Waals surface area contributed by atoms with Gasteiger partial charge in [0.2, 0.25) is 0 Å². The molecular formula is C15H13ClO. The van der Waals surface area contributed by atoms with Gasteiger partial charge in [-0.15, -0.1) is 0 Å². The molecule has 0 fully saturated rings. The molecule has 0 atom stereocenters. The van der Waals surface area contributed by atoms with Crippen molar-refractivity contribution in [1.29, 1.82) is 0 Å². The summed E-state index contributed by atoms with van der Waals surface area (Å²) in [5, 5.41) is 0.666. The van der Waals surface area contributed by atoms with Gasteiger partial charge >= 0.3 is 0 Å². The maximum Gasteiger partial charge on any atom is 0.150 e. The van der Waals surface area contributed by atoms with E-state index in [0.29, 0.717) is 10.6 Å². The fourth-order valence-electron chi connectivity index (χ4n) is 1.75. The van der Waals surface area contributed by atoms with Gasteiger partial charge in [0.25, 0.3) is 0 Å². The van der Waals surface area contributed by atoms with Crippen molar-refractivity contribution in [1.82, 2.24) is 0 Å². The lowest BCUT2D eigenvalue weighted by Crippen LogP contribution is -1.87. The van der Waals surface area contributed by atoms with E-state index in [1.54, 1.807) is 12.1 Å². The molecule has 0 radical (unpaired) electrons. The molecule has 1 nitrogen and oxygen atoms in total. The Kier molecular flexibility index (Phi) is 3.30. The Labute approximate surface area is 106 Å². The highest BCUT2D eigenvalue weighted by Gasteiger charge is 2.05. The molecule has 86 valence electrons. The van der Waals surface area contributed by atoms with Crippen LogP contribution in [-0.4, -0.2) is 6.29 Å². The second-order valence-electron chi connectivity index (χ2n) is 4.16. The average molecular weight is 245 g/mol. The Morgan fingerprint density at radius 2 is 1.76 bits per heavy atom. The lowest BCUT2D eigenvalue weighted by molar-refractivity contribution is 0.112. The van der Waals surface area contributed by atoms with E-state index in [1.165, 1.54) is 11.1 Å². The first-order valence-corrected chi connectivity index (χ1v) is 5.82. The van der Waals surface area contributed by atoms with Crippen molar-refractivity contribution in [2.45, 2.75) is 13.8 Å². The zero-order valence-corrected chi connectivity index (χ0v) is 10.6. The molecule has 0 saturated carbocycles. The first-order chi connectivity index (χ1) is 8.11. The molecule has 0 saturated heterocycles. The van der Waals surface area contributed by atoms with E-state index in [2.05, 4.69) is 26.0 Å². The SMILES string of the molecule is Cc1ccc(-c2cc(C=O)ccc2Cl)cc1C. The van der Waals surface area contributed by atoms with E-state index in [4.69, 9.17) is 11.6 Å². The van der Waals surface area contributed by atoms with Gasteiger partial charge in [0.1, 0.15) is 6.29 Å². The first kappa shape index (κ1) is 11.9. The van der Waals surface area contributed by atoms with Crippen molar-refractivity contribution in [2.75, 3.05) is 0 Å². The molecule has 17 heavy (non-hydrogen) atoms. The third kappa shape index (κ3) is 2.40. The molecule has 0 bridgehead atoms. The lowest BCUT2D eigenvalue weighted by Gasteiger charge is -2.08. The van der Waals surface area contributed by atoms with Gasteiger partial charge in [0, 0.05) is 16.1 Å². The van der Waals surface area contributed by atoms with Crippen molar-refractivity contribution in [2.24, 2.45) is 0 Å². The molecule has 0 aliphatic rings. The minimum Gasteiger partial charge on any atom is -0.298 e. The van der Waals surface area contributed by atoms with Crippen LogP contribution in [0.4, 0.5) is 0 Å². The molecule has 0 spiro atoms.